The van der Waals surface area contributed by atoms with E-state index in [0.29, 0.717) is 5.92 Å². The zero-order valence-electron chi connectivity index (χ0n) is 10.4. The van der Waals surface area contributed by atoms with E-state index in [1.54, 1.807) is 0 Å². The Hall–Kier alpha value is -1.01. The highest BCUT2D eigenvalue weighted by Gasteiger charge is 2.22. The van der Waals surface area contributed by atoms with Gasteiger partial charge in [-0.05, 0) is 19.3 Å². The van der Waals surface area contributed by atoms with Gasteiger partial charge in [-0.2, -0.15) is 0 Å². The molecule has 0 aliphatic rings. The first-order valence-electron chi connectivity index (χ1n) is 5.44. The molecule has 0 aliphatic heterocycles. The molecule has 0 radical (unpaired) electrons. The molecule has 0 aliphatic carbocycles. The standard InChI is InChI=1S/C11H15ClO5S/c1-7(2)4-5-16-11(13)9-6-10(8(3)17-9)18(12,14)15/h6-7H,4-5H2,1-3H3. The Kier molecular flexibility index (Phi) is 4.81. The Balaban J connectivity index is 2.77. The number of esters is 1. The number of carbonyl (C=O) groups excluding carboxylic acids is 1. The van der Waals surface area contributed by atoms with E-state index >= 15 is 0 Å². The molecule has 1 rings (SSSR count). The van der Waals surface area contributed by atoms with Gasteiger partial charge in [0.05, 0.1) is 6.61 Å². The largest absolute Gasteiger partial charge is 0.460 e. The zero-order chi connectivity index (χ0) is 13.9. The minimum absolute atomic E-state index is 0.0702. The molecule has 0 unspecified atom stereocenters. The highest BCUT2D eigenvalue weighted by Crippen LogP contribution is 2.23. The number of rotatable bonds is 5. The topological polar surface area (TPSA) is 73.6 Å². The van der Waals surface area contributed by atoms with E-state index in [1.165, 1.54) is 6.92 Å². The average Bonchev–Trinajstić information content (AvgIpc) is 2.59. The lowest BCUT2D eigenvalue weighted by Gasteiger charge is -2.04. The fraction of sp³-hybridized carbons (Fsp3) is 0.545. The second-order valence-corrected chi connectivity index (χ2v) is 6.82. The molecule has 0 saturated carbocycles. The van der Waals surface area contributed by atoms with Crippen LogP contribution in [-0.2, 0) is 13.8 Å². The summed E-state index contributed by atoms with van der Waals surface area (Å²) < 4.78 is 32.3. The Labute approximate surface area is 110 Å². The van der Waals surface area contributed by atoms with Crippen molar-refractivity contribution in [2.75, 3.05) is 6.61 Å². The molecule has 0 atom stereocenters. The molecule has 0 fully saturated rings. The molecule has 0 bridgehead atoms. The van der Waals surface area contributed by atoms with Crippen LogP contribution in [0.5, 0.6) is 0 Å². The molecule has 18 heavy (non-hydrogen) atoms. The molecule has 1 aromatic heterocycles. The van der Waals surface area contributed by atoms with E-state index in [9.17, 15) is 13.2 Å². The highest BCUT2D eigenvalue weighted by atomic mass is 35.7. The van der Waals surface area contributed by atoms with Crippen LogP contribution in [0.25, 0.3) is 0 Å². The SMILES string of the molecule is Cc1oc(C(=O)OCCC(C)C)cc1S(=O)(=O)Cl. The van der Waals surface area contributed by atoms with Crippen molar-refractivity contribution in [3.05, 3.63) is 17.6 Å². The number of halogens is 1. The molecule has 0 amide bonds. The van der Waals surface area contributed by atoms with Gasteiger partial charge >= 0.3 is 5.97 Å². The minimum Gasteiger partial charge on any atom is -0.460 e. The first-order valence-corrected chi connectivity index (χ1v) is 7.75. The number of hydrogen-bond donors (Lipinski definition) is 0. The molecule has 0 spiro atoms. The summed E-state index contributed by atoms with van der Waals surface area (Å²) in [7, 11) is 1.28. The smallest absolute Gasteiger partial charge is 0.374 e. The van der Waals surface area contributed by atoms with E-state index < -0.39 is 15.0 Å². The fourth-order valence-corrected chi connectivity index (χ4v) is 2.36. The maximum atomic E-state index is 11.6. The monoisotopic (exact) mass is 294 g/mol. The van der Waals surface area contributed by atoms with E-state index in [-0.39, 0.29) is 23.0 Å². The van der Waals surface area contributed by atoms with Crippen LogP contribution in [0.4, 0.5) is 0 Å². The molecule has 0 N–H and O–H groups in total. The van der Waals surface area contributed by atoms with Gasteiger partial charge in [-0.25, -0.2) is 13.2 Å². The molecule has 0 aromatic carbocycles. The van der Waals surface area contributed by atoms with Gasteiger partial charge in [-0.3, -0.25) is 0 Å². The predicted octanol–water partition coefficient (Wildman–Crippen LogP) is 2.72. The maximum Gasteiger partial charge on any atom is 0.374 e. The molecular formula is C11H15ClO5S. The predicted molar refractivity (Wildman–Crippen MR) is 66.2 cm³/mol. The van der Waals surface area contributed by atoms with Crippen LogP contribution in [0.2, 0.25) is 0 Å². The molecule has 102 valence electrons. The van der Waals surface area contributed by atoms with Crippen molar-refractivity contribution in [3.63, 3.8) is 0 Å². The van der Waals surface area contributed by atoms with Gasteiger partial charge in [0.2, 0.25) is 5.76 Å². The number of ether oxygens (including phenoxy) is 1. The normalized spacial score (nSPS) is 11.8. The van der Waals surface area contributed by atoms with Crippen LogP contribution in [0.15, 0.2) is 15.4 Å². The number of furan rings is 1. The van der Waals surface area contributed by atoms with Crippen LogP contribution in [-0.4, -0.2) is 21.0 Å². The summed E-state index contributed by atoms with van der Waals surface area (Å²) in [6.07, 6.45) is 0.728. The van der Waals surface area contributed by atoms with Crippen LogP contribution in [0.3, 0.4) is 0 Å². The average molecular weight is 295 g/mol. The first-order chi connectivity index (χ1) is 8.21. The van der Waals surface area contributed by atoms with Crippen LogP contribution in [0.1, 0.15) is 36.6 Å². The van der Waals surface area contributed by atoms with E-state index in [2.05, 4.69) is 0 Å². The quantitative estimate of drug-likeness (QED) is 0.616. The Morgan fingerprint density at radius 2 is 2.11 bits per heavy atom. The van der Waals surface area contributed by atoms with Gasteiger partial charge in [0.25, 0.3) is 9.05 Å². The summed E-state index contributed by atoms with van der Waals surface area (Å²) in [5, 5.41) is 0. The van der Waals surface area contributed by atoms with E-state index in [1.807, 2.05) is 13.8 Å². The second kappa shape index (κ2) is 5.75. The van der Waals surface area contributed by atoms with Crippen molar-refractivity contribution in [1.82, 2.24) is 0 Å². The summed E-state index contributed by atoms with van der Waals surface area (Å²) in [6.45, 7) is 5.69. The van der Waals surface area contributed by atoms with Crippen LogP contribution < -0.4 is 0 Å². The Morgan fingerprint density at radius 1 is 1.50 bits per heavy atom. The van der Waals surface area contributed by atoms with Gasteiger partial charge in [0.1, 0.15) is 10.7 Å². The minimum atomic E-state index is -3.91. The highest BCUT2D eigenvalue weighted by molar-refractivity contribution is 8.13. The zero-order valence-corrected chi connectivity index (χ0v) is 12.0. The maximum absolute atomic E-state index is 11.6. The Morgan fingerprint density at radius 3 is 2.56 bits per heavy atom. The molecular weight excluding hydrogens is 280 g/mol. The van der Waals surface area contributed by atoms with Gasteiger partial charge in [-0.15, -0.1) is 0 Å². The van der Waals surface area contributed by atoms with Crippen molar-refractivity contribution in [1.29, 1.82) is 0 Å². The number of hydrogen-bond acceptors (Lipinski definition) is 5. The summed E-state index contributed by atoms with van der Waals surface area (Å²) in [5.41, 5.74) is 0. The third kappa shape index (κ3) is 4.03. The summed E-state index contributed by atoms with van der Waals surface area (Å²) >= 11 is 0. The van der Waals surface area contributed by atoms with Crippen LogP contribution >= 0.6 is 10.7 Å². The molecule has 7 heteroatoms. The molecule has 1 heterocycles. The van der Waals surface area contributed by atoms with Gasteiger partial charge in [0, 0.05) is 16.7 Å². The number of aryl methyl sites for hydroxylation is 1. The lowest BCUT2D eigenvalue weighted by Crippen LogP contribution is -2.07. The van der Waals surface area contributed by atoms with Gasteiger partial charge < -0.3 is 9.15 Å². The first kappa shape index (κ1) is 15.0. The lowest BCUT2D eigenvalue weighted by atomic mass is 10.1. The third-order valence-electron chi connectivity index (χ3n) is 2.26. The molecule has 5 nitrogen and oxygen atoms in total. The van der Waals surface area contributed by atoms with E-state index in [4.69, 9.17) is 19.8 Å². The van der Waals surface area contributed by atoms with Crippen molar-refractivity contribution in [2.24, 2.45) is 5.92 Å². The van der Waals surface area contributed by atoms with Crippen molar-refractivity contribution in [2.45, 2.75) is 32.1 Å². The molecule has 0 saturated heterocycles. The summed E-state index contributed by atoms with van der Waals surface area (Å²) in [5.74, 6) is -0.364. The van der Waals surface area contributed by atoms with Crippen molar-refractivity contribution in [3.8, 4) is 0 Å². The summed E-state index contributed by atoms with van der Waals surface area (Å²) in [4.78, 5) is 11.4. The van der Waals surface area contributed by atoms with Crippen molar-refractivity contribution >= 4 is 25.7 Å². The van der Waals surface area contributed by atoms with Gasteiger partial charge in [-0.1, -0.05) is 13.8 Å². The Bertz CT molecular complexity index is 530. The van der Waals surface area contributed by atoms with Gasteiger partial charge in [0.15, 0.2) is 0 Å². The third-order valence-corrected chi connectivity index (χ3v) is 3.69. The summed E-state index contributed by atoms with van der Waals surface area (Å²) in [6, 6.07) is 1.08. The van der Waals surface area contributed by atoms with Crippen LogP contribution in [0, 0.1) is 12.8 Å². The van der Waals surface area contributed by atoms with E-state index in [0.717, 1.165) is 12.5 Å². The molecule has 1 aromatic rings. The fourth-order valence-electron chi connectivity index (χ4n) is 1.27. The second-order valence-electron chi connectivity index (χ2n) is 4.29. The number of carbonyl (C=O) groups is 1. The lowest BCUT2D eigenvalue weighted by molar-refractivity contribution is 0.0450. The van der Waals surface area contributed by atoms with Crippen molar-refractivity contribution < 1.29 is 22.4 Å².